The first-order valence-corrected chi connectivity index (χ1v) is 4.29. The average molecular weight is 167 g/mol. The van der Waals surface area contributed by atoms with E-state index in [1.165, 1.54) is 0 Å². The van der Waals surface area contributed by atoms with Crippen molar-refractivity contribution in [2.45, 2.75) is 39.7 Å². The smallest absolute Gasteiger partial charge is 0.127 e. The Morgan fingerprint density at radius 1 is 1.50 bits per heavy atom. The molecule has 0 bridgehead atoms. The van der Waals surface area contributed by atoms with Gasteiger partial charge in [-0.15, -0.1) is 0 Å². The van der Waals surface area contributed by atoms with Gasteiger partial charge in [0.1, 0.15) is 5.82 Å². The van der Waals surface area contributed by atoms with Gasteiger partial charge in [-0.1, -0.05) is 6.92 Å². The molecule has 0 aromatic carbocycles. The van der Waals surface area contributed by atoms with Crippen molar-refractivity contribution in [3.8, 4) is 0 Å². The lowest BCUT2D eigenvalue weighted by Gasteiger charge is -2.22. The summed E-state index contributed by atoms with van der Waals surface area (Å²) in [7, 11) is 0. The zero-order chi connectivity index (χ0) is 9.35. The Morgan fingerprint density at radius 2 is 2.08 bits per heavy atom. The van der Waals surface area contributed by atoms with Crippen molar-refractivity contribution >= 4 is 5.82 Å². The van der Waals surface area contributed by atoms with Crippen LogP contribution in [0.2, 0.25) is 0 Å². The van der Waals surface area contributed by atoms with E-state index in [-0.39, 0.29) is 5.54 Å². The molecule has 2 N–H and O–H groups in total. The van der Waals surface area contributed by atoms with Gasteiger partial charge in [0.2, 0.25) is 0 Å². The van der Waals surface area contributed by atoms with Crippen molar-refractivity contribution in [2.24, 2.45) is 0 Å². The zero-order valence-corrected chi connectivity index (χ0v) is 8.26. The van der Waals surface area contributed by atoms with Crippen LogP contribution >= 0.6 is 0 Å². The third kappa shape index (κ3) is 1.44. The molecule has 0 amide bonds. The van der Waals surface area contributed by atoms with Gasteiger partial charge in [0, 0.05) is 5.54 Å². The van der Waals surface area contributed by atoms with E-state index < -0.39 is 0 Å². The van der Waals surface area contributed by atoms with E-state index in [1.807, 2.05) is 10.9 Å². The van der Waals surface area contributed by atoms with Crippen LogP contribution in [0.25, 0.3) is 0 Å². The van der Waals surface area contributed by atoms with Gasteiger partial charge in [0.25, 0.3) is 0 Å². The highest BCUT2D eigenvalue weighted by Gasteiger charge is 2.17. The molecule has 12 heavy (non-hydrogen) atoms. The number of hydrogen-bond acceptors (Lipinski definition) is 2. The zero-order valence-electron chi connectivity index (χ0n) is 8.26. The molecule has 0 aliphatic heterocycles. The maximum atomic E-state index is 5.90. The number of aryl methyl sites for hydroxylation is 1. The number of nitrogens with two attached hydrogens (primary N) is 1. The third-order valence-corrected chi connectivity index (χ3v) is 1.94. The lowest BCUT2D eigenvalue weighted by atomic mass is 10.1. The molecule has 1 rings (SSSR count). The first kappa shape index (κ1) is 9.10. The first-order chi connectivity index (χ1) is 5.46. The number of nitrogens with zero attached hydrogens (tertiary/aromatic N) is 2. The van der Waals surface area contributed by atoms with Crippen LogP contribution in [0, 0.1) is 0 Å². The van der Waals surface area contributed by atoms with Crippen LogP contribution in [0.15, 0.2) is 6.33 Å². The molecule has 1 aromatic heterocycles. The van der Waals surface area contributed by atoms with E-state index in [0.29, 0.717) is 0 Å². The van der Waals surface area contributed by atoms with E-state index in [4.69, 9.17) is 5.73 Å². The Hall–Kier alpha value is -0.990. The summed E-state index contributed by atoms with van der Waals surface area (Å²) in [4.78, 5) is 4.24. The van der Waals surface area contributed by atoms with Gasteiger partial charge in [-0.05, 0) is 27.2 Å². The molecule has 0 atom stereocenters. The highest BCUT2D eigenvalue weighted by atomic mass is 15.2. The van der Waals surface area contributed by atoms with Crippen LogP contribution in [0.1, 0.15) is 33.4 Å². The summed E-state index contributed by atoms with van der Waals surface area (Å²) < 4.78 is 2.01. The number of aromatic nitrogens is 2. The van der Waals surface area contributed by atoms with Crippen molar-refractivity contribution in [1.29, 1.82) is 0 Å². The fourth-order valence-corrected chi connectivity index (χ4v) is 1.20. The van der Waals surface area contributed by atoms with Crippen molar-refractivity contribution in [1.82, 2.24) is 9.55 Å². The number of rotatable bonds is 1. The molecule has 68 valence electrons. The van der Waals surface area contributed by atoms with Gasteiger partial charge in [-0.25, -0.2) is 4.98 Å². The normalized spacial score (nSPS) is 12.0. The Kier molecular flexibility index (Phi) is 2.13. The fourth-order valence-electron chi connectivity index (χ4n) is 1.20. The minimum atomic E-state index is 0.0322. The summed E-state index contributed by atoms with van der Waals surface area (Å²) in [5.74, 6) is 0.796. The van der Waals surface area contributed by atoms with Crippen LogP contribution < -0.4 is 5.73 Å². The molecule has 0 unspecified atom stereocenters. The van der Waals surface area contributed by atoms with E-state index in [0.717, 1.165) is 17.9 Å². The summed E-state index contributed by atoms with van der Waals surface area (Å²) in [6.45, 7) is 8.41. The SMILES string of the molecule is CCc1ncn(C(C)(C)C)c1N. The predicted octanol–water partition coefficient (Wildman–Crippen LogP) is 1.78. The van der Waals surface area contributed by atoms with E-state index in [1.54, 1.807) is 0 Å². The summed E-state index contributed by atoms with van der Waals surface area (Å²) >= 11 is 0. The second-order valence-corrected chi connectivity index (χ2v) is 3.97. The molecule has 3 nitrogen and oxygen atoms in total. The molecule has 0 saturated carbocycles. The van der Waals surface area contributed by atoms with Crippen LogP contribution in [0.5, 0.6) is 0 Å². The minimum absolute atomic E-state index is 0.0322. The largest absolute Gasteiger partial charge is 0.384 e. The van der Waals surface area contributed by atoms with Crippen molar-refractivity contribution in [3.05, 3.63) is 12.0 Å². The second-order valence-electron chi connectivity index (χ2n) is 3.97. The molecule has 1 heterocycles. The Balaban J connectivity index is 3.11. The summed E-state index contributed by atoms with van der Waals surface area (Å²) in [5, 5.41) is 0. The highest BCUT2D eigenvalue weighted by Crippen LogP contribution is 2.20. The van der Waals surface area contributed by atoms with Crippen molar-refractivity contribution < 1.29 is 0 Å². The maximum Gasteiger partial charge on any atom is 0.127 e. The molecule has 0 saturated heterocycles. The van der Waals surface area contributed by atoms with Gasteiger partial charge in [0.05, 0.1) is 12.0 Å². The molecule has 0 aliphatic carbocycles. The lowest BCUT2D eigenvalue weighted by Crippen LogP contribution is -2.22. The van der Waals surface area contributed by atoms with Gasteiger partial charge < -0.3 is 10.3 Å². The van der Waals surface area contributed by atoms with E-state index in [9.17, 15) is 0 Å². The Morgan fingerprint density at radius 3 is 2.33 bits per heavy atom. The minimum Gasteiger partial charge on any atom is -0.384 e. The molecule has 0 spiro atoms. The molecule has 0 fully saturated rings. The standard InChI is InChI=1S/C9H17N3/c1-5-7-8(10)12(6-11-7)9(2,3)4/h6H,5,10H2,1-4H3. The van der Waals surface area contributed by atoms with E-state index >= 15 is 0 Å². The topological polar surface area (TPSA) is 43.8 Å². The first-order valence-electron chi connectivity index (χ1n) is 4.29. The van der Waals surface area contributed by atoms with Crippen LogP contribution in [0.4, 0.5) is 5.82 Å². The number of hydrogen-bond donors (Lipinski definition) is 1. The van der Waals surface area contributed by atoms with Gasteiger partial charge in [-0.3, -0.25) is 0 Å². The number of imidazole rings is 1. The van der Waals surface area contributed by atoms with Crippen LogP contribution in [0.3, 0.4) is 0 Å². The number of nitrogen functional groups attached to an aromatic ring is 1. The second kappa shape index (κ2) is 2.81. The average Bonchev–Trinajstić information content (AvgIpc) is 2.29. The molecule has 0 aliphatic rings. The molecule has 1 aromatic rings. The Bertz CT molecular complexity index is 268. The summed E-state index contributed by atoms with van der Waals surface area (Å²) in [6, 6.07) is 0. The van der Waals surface area contributed by atoms with Crippen molar-refractivity contribution in [2.75, 3.05) is 5.73 Å². The molecule has 3 heteroatoms. The van der Waals surface area contributed by atoms with Crippen LogP contribution in [-0.2, 0) is 12.0 Å². The molecule has 0 radical (unpaired) electrons. The monoisotopic (exact) mass is 167 g/mol. The van der Waals surface area contributed by atoms with E-state index in [2.05, 4.69) is 32.7 Å². The summed E-state index contributed by atoms with van der Waals surface area (Å²) in [6.07, 6.45) is 2.71. The summed E-state index contributed by atoms with van der Waals surface area (Å²) in [5.41, 5.74) is 6.92. The molecular weight excluding hydrogens is 150 g/mol. The highest BCUT2D eigenvalue weighted by molar-refractivity contribution is 5.36. The van der Waals surface area contributed by atoms with Gasteiger partial charge in [0.15, 0.2) is 0 Å². The maximum absolute atomic E-state index is 5.90. The third-order valence-electron chi connectivity index (χ3n) is 1.94. The quantitative estimate of drug-likeness (QED) is 0.693. The predicted molar refractivity (Wildman–Crippen MR) is 51.0 cm³/mol. The number of anilines is 1. The van der Waals surface area contributed by atoms with Gasteiger partial charge in [-0.2, -0.15) is 0 Å². The Labute approximate surface area is 73.6 Å². The van der Waals surface area contributed by atoms with Crippen molar-refractivity contribution in [3.63, 3.8) is 0 Å². The fraction of sp³-hybridized carbons (Fsp3) is 0.667. The van der Waals surface area contributed by atoms with Crippen LogP contribution in [-0.4, -0.2) is 9.55 Å². The van der Waals surface area contributed by atoms with Gasteiger partial charge >= 0.3 is 0 Å². The molecular formula is C9H17N3. The lowest BCUT2D eigenvalue weighted by molar-refractivity contribution is 0.402.